The third kappa shape index (κ3) is 8000. The second kappa shape index (κ2) is 81.9. The van der Waals surface area contributed by atoms with Crippen LogP contribution in [0.2, 0.25) is 0 Å². The molecule has 0 aromatic carbocycles. The SMILES string of the molecule is O.O.O.O.O.O.O=[N+]([O-])[O-].[Sm+3]. The minimum absolute atomic E-state index is 0. The van der Waals surface area contributed by atoms with Crippen molar-refractivity contribution in [1.82, 2.24) is 0 Å². The van der Waals surface area contributed by atoms with Crippen molar-refractivity contribution < 1.29 is 78.3 Å². The number of rotatable bonds is 0. The van der Waals surface area contributed by atoms with Crippen molar-refractivity contribution in [2.24, 2.45) is 0 Å². The molecule has 0 aliphatic rings. The molecule has 0 amide bonds. The van der Waals surface area contributed by atoms with Crippen LogP contribution in [-0.4, -0.2) is 37.9 Å². The predicted molar refractivity (Wildman–Crippen MR) is 32.0 cm³/mol. The van der Waals surface area contributed by atoms with Gasteiger partial charge in [-0.15, -0.1) is 0 Å². The molecule has 11 heavy (non-hydrogen) atoms. The van der Waals surface area contributed by atoms with Gasteiger partial charge in [0.25, 0.3) is 0 Å². The zero-order chi connectivity index (χ0) is 3.58. The molecule has 0 saturated heterocycles. The van der Waals surface area contributed by atoms with Crippen LogP contribution in [0.5, 0.6) is 0 Å². The molecule has 0 atom stereocenters. The second-order valence-electron chi connectivity index (χ2n) is 0.224. The maximum atomic E-state index is 8.25. The van der Waals surface area contributed by atoms with E-state index in [0.29, 0.717) is 0 Å². The first-order valence-electron chi connectivity index (χ1n) is 0.548. The first-order chi connectivity index (χ1) is 1.73. The van der Waals surface area contributed by atoms with E-state index in [1.807, 2.05) is 0 Å². The van der Waals surface area contributed by atoms with Gasteiger partial charge in [-0.3, -0.25) is 0 Å². The Balaban J connectivity index is -0.00000000214. The maximum Gasteiger partial charge on any atom is 3.00 e. The van der Waals surface area contributed by atoms with Gasteiger partial charge in [0.15, 0.2) is 0 Å². The Morgan fingerprint density at radius 1 is 0.727 bits per heavy atom. The van der Waals surface area contributed by atoms with E-state index in [0.717, 1.165) is 0 Å². The average Bonchev–Trinajstić information content (AvgIpc) is 0.811. The van der Waals surface area contributed by atoms with Crippen molar-refractivity contribution in [2.45, 2.75) is 0 Å². The van der Waals surface area contributed by atoms with Crippen LogP contribution in [0.25, 0.3) is 0 Å². The van der Waals surface area contributed by atoms with Crippen molar-refractivity contribution in [2.75, 3.05) is 0 Å². The van der Waals surface area contributed by atoms with Gasteiger partial charge in [0.05, 0.1) is 5.09 Å². The quantitative estimate of drug-likeness (QED) is 0.313. The maximum absolute atomic E-state index is 8.25. The number of nitrogens with zero attached hydrogens (tertiary/aromatic N) is 1. The van der Waals surface area contributed by atoms with Crippen LogP contribution in [-0.2, 0) is 0 Å². The summed E-state index contributed by atoms with van der Waals surface area (Å²) < 4.78 is 0. The zero-order valence-corrected chi connectivity index (χ0v) is 7.70. The third-order valence-corrected chi connectivity index (χ3v) is 0. The van der Waals surface area contributed by atoms with Crippen LogP contribution in [0, 0.1) is 55.7 Å². The molecule has 0 unspecified atom stereocenters. The molecule has 0 aromatic rings. The van der Waals surface area contributed by atoms with Gasteiger partial charge in [-0.05, 0) is 0 Å². The fourth-order valence-electron chi connectivity index (χ4n) is 0. The van der Waals surface area contributed by atoms with Crippen molar-refractivity contribution in [1.29, 1.82) is 0 Å². The fraction of sp³-hybridized carbons (Fsp3) is 0. The molecule has 0 fully saturated rings. The molecule has 0 rings (SSSR count). The van der Waals surface area contributed by atoms with Crippen molar-refractivity contribution in [3.05, 3.63) is 15.3 Å². The zero-order valence-electron chi connectivity index (χ0n) is 5.08. The summed E-state index contributed by atoms with van der Waals surface area (Å²) in [4.78, 5) is 8.25. The summed E-state index contributed by atoms with van der Waals surface area (Å²) in [6.07, 6.45) is 0. The van der Waals surface area contributed by atoms with Crippen LogP contribution in [0.15, 0.2) is 0 Å². The molecule has 0 spiro atoms. The van der Waals surface area contributed by atoms with Crippen molar-refractivity contribution >= 4 is 0 Å². The molecule has 75 valence electrons. The third-order valence-electron chi connectivity index (χ3n) is 0. The summed E-state index contributed by atoms with van der Waals surface area (Å²) >= 11 is 0. The minimum Gasteiger partial charge on any atom is -0.412 e. The summed E-state index contributed by atoms with van der Waals surface area (Å²) in [5.41, 5.74) is 0. The second-order valence-corrected chi connectivity index (χ2v) is 0.224. The largest absolute Gasteiger partial charge is 3.00 e. The van der Waals surface area contributed by atoms with E-state index in [1.165, 1.54) is 0 Å². The van der Waals surface area contributed by atoms with E-state index in [-0.39, 0.29) is 73.2 Å². The molecule has 11 heteroatoms. The van der Waals surface area contributed by atoms with E-state index < -0.39 is 5.09 Å². The monoisotopic (exact) mass is 322 g/mol. The minimum atomic E-state index is -1.75. The smallest absolute Gasteiger partial charge is 0.412 e. The summed E-state index contributed by atoms with van der Waals surface area (Å²) in [6, 6.07) is 0. The van der Waals surface area contributed by atoms with Gasteiger partial charge in [0.2, 0.25) is 0 Å². The first kappa shape index (κ1) is 110. The van der Waals surface area contributed by atoms with Crippen molar-refractivity contribution in [3.63, 3.8) is 0 Å². The molecular weight excluding hydrogens is 308 g/mol. The number of hydrogen-bond acceptors (Lipinski definition) is 3. The summed E-state index contributed by atoms with van der Waals surface area (Å²) in [7, 11) is 0. The van der Waals surface area contributed by atoms with Crippen LogP contribution >= 0.6 is 0 Å². The fourth-order valence-corrected chi connectivity index (χ4v) is 0. The predicted octanol–water partition coefficient (Wildman–Crippen LogP) is -5.19. The Morgan fingerprint density at radius 3 is 0.727 bits per heavy atom. The molecule has 0 saturated carbocycles. The Labute approximate surface area is 93.3 Å². The van der Waals surface area contributed by atoms with Crippen LogP contribution in [0.3, 0.4) is 0 Å². The molecule has 0 aromatic heterocycles. The van der Waals surface area contributed by atoms with Gasteiger partial charge < -0.3 is 48.2 Å². The van der Waals surface area contributed by atoms with Gasteiger partial charge in [-0.2, -0.15) is 0 Å². The van der Waals surface area contributed by atoms with E-state index in [1.54, 1.807) is 0 Å². The van der Waals surface area contributed by atoms with E-state index in [4.69, 9.17) is 15.3 Å². The molecule has 0 aliphatic heterocycles. The molecule has 0 bridgehead atoms. The Hall–Kier alpha value is 0.298. The van der Waals surface area contributed by atoms with Gasteiger partial charge in [-0.25, -0.2) is 0 Å². The summed E-state index contributed by atoms with van der Waals surface area (Å²) in [6.45, 7) is 0. The molecule has 1 radical (unpaired) electrons. The van der Waals surface area contributed by atoms with Gasteiger partial charge in [-0.1, -0.05) is 0 Å². The topological polar surface area (TPSA) is 255 Å². The van der Waals surface area contributed by atoms with Crippen molar-refractivity contribution in [3.8, 4) is 0 Å². The Kier molecular flexibility index (Phi) is 820. The molecular formula is H12NO9Sm+2. The van der Waals surface area contributed by atoms with Gasteiger partial charge >= 0.3 is 40.4 Å². The Morgan fingerprint density at radius 2 is 0.727 bits per heavy atom. The standard InChI is InChI=1S/NO3.6H2O.Sm/c2-1(3)4;;;;;;;/h;6*1H2;/q-1;;;;;;;+3. The van der Waals surface area contributed by atoms with E-state index >= 15 is 0 Å². The molecule has 10 nitrogen and oxygen atoms in total. The van der Waals surface area contributed by atoms with Crippen LogP contribution < -0.4 is 0 Å². The van der Waals surface area contributed by atoms with Gasteiger partial charge in [0, 0.05) is 0 Å². The number of hydrogen-bond donors (Lipinski definition) is 0. The first-order valence-corrected chi connectivity index (χ1v) is 0.548. The molecule has 0 heterocycles. The Bertz CT molecular complexity index is 32.5. The normalized spacial score (nSPS) is 2.18. The van der Waals surface area contributed by atoms with E-state index in [9.17, 15) is 0 Å². The molecule has 0 aliphatic carbocycles. The molecule has 12 N–H and O–H groups in total. The average molecular weight is 320 g/mol. The summed E-state index contributed by atoms with van der Waals surface area (Å²) in [5.74, 6) is 0. The van der Waals surface area contributed by atoms with E-state index in [2.05, 4.69) is 0 Å². The summed E-state index contributed by atoms with van der Waals surface area (Å²) in [5, 5.41) is 14.8. The van der Waals surface area contributed by atoms with Crippen LogP contribution in [0.1, 0.15) is 0 Å². The van der Waals surface area contributed by atoms with Gasteiger partial charge in [0.1, 0.15) is 0 Å². The van der Waals surface area contributed by atoms with Crippen LogP contribution in [0.4, 0.5) is 0 Å².